The van der Waals surface area contributed by atoms with Gasteiger partial charge in [-0.15, -0.1) is 0 Å². The van der Waals surface area contributed by atoms with E-state index in [4.69, 9.17) is 23.2 Å². The van der Waals surface area contributed by atoms with Crippen LogP contribution >= 0.6 is 23.2 Å². The molecule has 0 aliphatic heterocycles. The molecule has 7 heteroatoms. The van der Waals surface area contributed by atoms with Crippen LogP contribution in [0.1, 0.15) is 22.2 Å². The van der Waals surface area contributed by atoms with Gasteiger partial charge in [-0.1, -0.05) is 41.4 Å². The summed E-state index contributed by atoms with van der Waals surface area (Å²) in [6.45, 7) is -0.176. The Balaban J connectivity index is 2.04. The minimum absolute atomic E-state index is 0.0510. The molecule has 2 aromatic rings. The fourth-order valence-electron chi connectivity index (χ4n) is 1.71. The van der Waals surface area contributed by atoms with Crippen LogP contribution in [-0.2, 0) is 0 Å². The summed E-state index contributed by atoms with van der Waals surface area (Å²) in [5, 5.41) is 12.6. The van der Waals surface area contributed by atoms with Gasteiger partial charge in [0.05, 0.1) is 11.1 Å². The summed E-state index contributed by atoms with van der Waals surface area (Å²) in [6.07, 6.45) is -1.17. The molecule has 4 nitrogen and oxygen atoms in total. The number of aliphatic hydroxyl groups is 1. The number of pyridine rings is 1. The Bertz CT molecular complexity index is 667. The summed E-state index contributed by atoms with van der Waals surface area (Å²) < 4.78 is 13.5. The standard InChI is InChI=1S/C14H11Cl2FN2O2/c15-9-5-6-12(16)19-13(9)14(21)18-7-11(20)8-3-1-2-4-10(8)17/h1-6,11,20H,7H2,(H,18,21). The first-order valence-electron chi connectivity index (χ1n) is 6.01. The van der Waals surface area contributed by atoms with Gasteiger partial charge in [-0.25, -0.2) is 9.37 Å². The van der Waals surface area contributed by atoms with Gasteiger partial charge in [0.25, 0.3) is 5.91 Å². The zero-order valence-electron chi connectivity index (χ0n) is 10.7. The maximum Gasteiger partial charge on any atom is 0.271 e. The molecule has 0 fully saturated rings. The molecule has 21 heavy (non-hydrogen) atoms. The summed E-state index contributed by atoms with van der Waals surface area (Å²) in [6, 6.07) is 8.68. The predicted octanol–water partition coefficient (Wildman–Crippen LogP) is 2.99. The van der Waals surface area contributed by atoms with Gasteiger partial charge in [-0.05, 0) is 18.2 Å². The number of halogens is 3. The lowest BCUT2D eigenvalue weighted by molar-refractivity contribution is 0.0909. The van der Waals surface area contributed by atoms with Gasteiger partial charge in [0.15, 0.2) is 0 Å². The normalized spacial score (nSPS) is 12.0. The molecule has 1 amide bonds. The van der Waals surface area contributed by atoms with Gasteiger partial charge < -0.3 is 10.4 Å². The molecule has 0 saturated carbocycles. The van der Waals surface area contributed by atoms with Crippen molar-refractivity contribution in [3.8, 4) is 0 Å². The van der Waals surface area contributed by atoms with Crippen LogP contribution in [0.2, 0.25) is 10.2 Å². The second kappa shape index (κ2) is 6.85. The minimum atomic E-state index is -1.17. The fraction of sp³-hybridized carbons (Fsp3) is 0.143. The highest BCUT2D eigenvalue weighted by atomic mass is 35.5. The largest absolute Gasteiger partial charge is 0.386 e. The van der Waals surface area contributed by atoms with Crippen molar-refractivity contribution in [2.75, 3.05) is 6.54 Å². The Morgan fingerprint density at radius 2 is 2.00 bits per heavy atom. The van der Waals surface area contributed by atoms with E-state index in [0.29, 0.717) is 0 Å². The highest BCUT2D eigenvalue weighted by Crippen LogP contribution is 2.18. The quantitative estimate of drug-likeness (QED) is 0.848. The van der Waals surface area contributed by atoms with Crippen LogP contribution in [-0.4, -0.2) is 22.5 Å². The number of carbonyl (C=O) groups is 1. The molecule has 2 N–H and O–H groups in total. The minimum Gasteiger partial charge on any atom is -0.386 e. The zero-order valence-corrected chi connectivity index (χ0v) is 12.2. The lowest BCUT2D eigenvalue weighted by Gasteiger charge is -2.13. The molecular weight excluding hydrogens is 318 g/mol. The zero-order chi connectivity index (χ0) is 15.4. The third kappa shape index (κ3) is 3.91. The number of nitrogens with one attached hydrogen (secondary N) is 1. The van der Waals surface area contributed by atoms with Gasteiger partial charge >= 0.3 is 0 Å². The van der Waals surface area contributed by atoms with Crippen molar-refractivity contribution in [3.63, 3.8) is 0 Å². The van der Waals surface area contributed by atoms with Crippen LogP contribution in [0.15, 0.2) is 36.4 Å². The Morgan fingerprint density at radius 3 is 2.71 bits per heavy atom. The van der Waals surface area contributed by atoms with Gasteiger partial charge in [-0.3, -0.25) is 4.79 Å². The molecule has 1 atom stereocenters. The SMILES string of the molecule is O=C(NCC(O)c1ccccc1F)c1nc(Cl)ccc1Cl. The molecule has 0 aliphatic carbocycles. The molecule has 0 aliphatic rings. The lowest BCUT2D eigenvalue weighted by atomic mass is 10.1. The van der Waals surface area contributed by atoms with E-state index in [0.717, 1.165) is 0 Å². The van der Waals surface area contributed by atoms with Crippen molar-refractivity contribution in [3.05, 3.63) is 63.6 Å². The molecule has 0 radical (unpaired) electrons. The first kappa shape index (κ1) is 15.7. The number of carbonyl (C=O) groups excluding carboxylic acids is 1. The van der Waals surface area contributed by atoms with E-state index in [-0.39, 0.29) is 28.0 Å². The Kier molecular flexibility index (Phi) is 5.12. The first-order chi connectivity index (χ1) is 9.99. The first-order valence-corrected chi connectivity index (χ1v) is 6.77. The van der Waals surface area contributed by atoms with Gasteiger partial charge in [0.1, 0.15) is 16.7 Å². The summed E-state index contributed by atoms with van der Waals surface area (Å²) in [4.78, 5) is 15.7. The molecule has 0 spiro atoms. The molecule has 1 aromatic heterocycles. The van der Waals surface area contributed by atoms with E-state index in [2.05, 4.69) is 10.3 Å². The Morgan fingerprint density at radius 1 is 1.29 bits per heavy atom. The lowest BCUT2D eigenvalue weighted by Crippen LogP contribution is -2.29. The number of rotatable bonds is 4. The van der Waals surface area contributed by atoms with Crippen molar-refractivity contribution in [2.45, 2.75) is 6.10 Å². The second-order valence-corrected chi connectivity index (χ2v) is 5.01. The third-order valence-electron chi connectivity index (χ3n) is 2.75. The van der Waals surface area contributed by atoms with Crippen molar-refractivity contribution in [1.82, 2.24) is 10.3 Å². The topological polar surface area (TPSA) is 62.2 Å². The Labute approximate surface area is 130 Å². The molecule has 1 unspecified atom stereocenters. The van der Waals surface area contributed by atoms with Crippen molar-refractivity contribution in [1.29, 1.82) is 0 Å². The summed E-state index contributed by atoms with van der Waals surface area (Å²) in [5.41, 5.74) is 0.0489. The molecule has 0 bridgehead atoms. The van der Waals surface area contributed by atoms with E-state index >= 15 is 0 Å². The van der Waals surface area contributed by atoms with Crippen molar-refractivity contribution in [2.24, 2.45) is 0 Å². The van der Waals surface area contributed by atoms with Crippen LogP contribution < -0.4 is 5.32 Å². The second-order valence-electron chi connectivity index (χ2n) is 4.21. The van der Waals surface area contributed by atoms with Crippen LogP contribution in [0.3, 0.4) is 0 Å². The maximum atomic E-state index is 13.5. The maximum absolute atomic E-state index is 13.5. The van der Waals surface area contributed by atoms with Crippen LogP contribution in [0.5, 0.6) is 0 Å². The average molecular weight is 329 g/mol. The molecule has 1 heterocycles. The number of benzene rings is 1. The highest BCUT2D eigenvalue weighted by Gasteiger charge is 2.16. The van der Waals surface area contributed by atoms with Crippen LogP contribution in [0.25, 0.3) is 0 Å². The van der Waals surface area contributed by atoms with Crippen LogP contribution in [0, 0.1) is 5.82 Å². The number of nitrogens with zero attached hydrogens (tertiary/aromatic N) is 1. The van der Waals surface area contributed by atoms with Crippen molar-refractivity contribution < 1.29 is 14.3 Å². The van der Waals surface area contributed by atoms with E-state index in [1.165, 1.54) is 30.3 Å². The summed E-state index contributed by atoms with van der Waals surface area (Å²) >= 11 is 11.5. The number of aromatic nitrogens is 1. The summed E-state index contributed by atoms with van der Waals surface area (Å²) in [7, 11) is 0. The molecule has 110 valence electrons. The van der Waals surface area contributed by atoms with Gasteiger partial charge in [0.2, 0.25) is 0 Å². The molecular formula is C14H11Cl2FN2O2. The molecule has 1 aromatic carbocycles. The predicted molar refractivity (Wildman–Crippen MR) is 78.0 cm³/mol. The summed E-state index contributed by atoms with van der Waals surface area (Å²) in [5.74, 6) is -1.14. The fourth-order valence-corrected chi connectivity index (χ4v) is 2.04. The monoisotopic (exact) mass is 328 g/mol. The molecule has 2 rings (SSSR count). The number of hydrogen-bond donors (Lipinski definition) is 2. The highest BCUT2D eigenvalue weighted by molar-refractivity contribution is 6.34. The van der Waals surface area contributed by atoms with Gasteiger partial charge in [0, 0.05) is 12.1 Å². The van der Waals surface area contributed by atoms with E-state index < -0.39 is 17.8 Å². The van der Waals surface area contributed by atoms with E-state index in [1.807, 2.05) is 0 Å². The number of aliphatic hydroxyl groups excluding tert-OH is 1. The third-order valence-corrected chi connectivity index (χ3v) is 3.26. The van der Waals surface area contributed by atoms with E-state index in [1.54, 1.807) is 6.07 Å². The number of hydrogen-bond acceptors (Lipinski definition) is 3. The van der Waals surface area contributed by atoms with Gasteiger partial charge in [-0.2, -0.15) is 0 Å². The van der Waals surface area contributed by atoms with Crippen LogP contribution in [0.4, 0.5) is 4.39 Å². The smallest absolute Gasteiger partial charge is 0.271 e. The average Bonchev–Trinajstić information content (AvgIpc) is 2.47. The molecule has 0 saturated heterocycles. The van der Waals surface area contributed by atoms with Crippen molar-refractivity contribution >= 4 is 29.1 Å². The van der Waals surface area contributed by atoms with E-state index in [9.17, 15) is 14.3 Å². The number of amides is 1. The Hall–Kier alpha value is -1.69.